The first kappa shape index (κ1) is 23.2. The first-order chi connectivity index (χ1) is 21.3. The lowest BCUT2D eigenvalue weighted by atomic mass is 10.0. The Kier molecular flexibility index (Phi) is 4.63. The highest BCUT2D eigenvalue weighted by Gasteiger charge is 2.19. The first-order valence-electron chi connectivity index (χ1n) is 14.7. The minimum Gasteiger partial charge on any atom is -0.309 e. The topological polar surface area (TPSA) is 9.86 Å². The number of hydrogen-bond donors (Lipinski definition) is 0. The number of hydrogen-bond acceptors (Lipinski definition) is 1. The van der Waals surface area contributed by atoms with Crippen molar-refractivity contribution in [1.29, 1.82) is 0 Å². The molecule has 0 N–H and O–H groups in total. The second kappa shape index (κ2) is 8.57. The SMILES string of the molecule is c1ccc(-n2c3ccccc3c3cc4c5cc6ccccc6cc5n(-c5ccc6c(c5)sc5ccccc56)c4cc32)cc1. The van der Waals surface area contributed by atoms with Crippen LogP contribution >= 0.6 is 11.3 Å². The van der Waals surface area contributed by atoms with Gasteiger partial charge in [0.05, 0.1) is 22.1 Å². The third kappa shape index (κ3) is 3.23. The Bertz CT molecular complexity index is 2720. The van der Waals surface area contributed by atoms with Crippen LogP contribution in [0.3, 0.4) is 0 Å². The Balaban J connectivity index is 1.38. The van der Waals surface area contributed by atoms with E-state index in [0.29, 0.717) is 0 Å². The third-order valence-corrected chi connectivity index (χ3v) is 10.2. The molecule has 3 aromatic heterocycles. The van der Waals surface area contributed by atoms with E-state index >= 15 is 0 Å². The largest absolute Gasteiger partial charge is 0.309 e. The Labute approximate surface area is 251 Å². The molecule has 0 aliphatic carbocycles. The number of rotatable bonds is 2. The van der Waals surface area contributed by atoms with Crippen LogP contribution in [0, 0.1) is 0 Å². The summed E-state index contributed by atoms with van der Waals surface area (Å²) in [4.78, 5) is 0. The summed E-state index contributed by atoms with van der Waals surface area (Å²) >= 11 is 1.87. The van der Waals surface area contributed by atoms with E-state index < -0.39 is 0 Å². The summed E-state index contributed by atoms with van der Waals surface area (Å²) in [5.74, 6) is 0. The summed E-state index contributed by atoms with van der Waals surface area (Å²) in [5.41, 5.74) is 7.26. The van der Waals surface area contributed by atoms with Gasteiger partial charge >= 0.3 is 0 Å². The predicted molar refractivity (Wildman–Crippen MR) is 186 cm³/mol. The molecule has 43 heavy (non-hydrogen) atoms. The summed E-state index contributed by atoms with van der Waals surface area (Å²) < 4.78 is 7.54. The minimum absolute atomic E-state index is 1.17. The van der Waals surface area contributed by atoms with E-state index in [9.17, 15) is 0 Å². The monoisotopic (exact) mass is 564 g/mol. The van der Waals surface area contributed by atoms with E-state index in [-0.39, 0.29) is 0 Å². The maximum atomic E-state index is 2.48. The second-order valence-corrected chi connectivity index (χ2v) is 12.5. The molecule has 3 heterocycles. The van der Waals surface area contributed by atoms with Gasteiger partial charge in [0.15, 0.2) is 0 Å². The molecule has 3 heteroatoms. The third-order valence-electron chi connectivity index (χ3n) is 9.06. The average molecular weight is 565 g/mol. The van der Waals surface area contributed by atoms with Crippen LogP contribution in [-0.2, 0) is 0 Å². The number of benzene rings is 7. The van der Waals surface area contributed by atoms with Crippen molar-refractivity contribution in [3.8, 4) is 11.4 Å². The highest BCUT2D eigenvalue weighted by molar-refractivity contribution is 7.25. The van der Waals surface area contributed by atoms with Gasteiger partial charge in [0.2, 0.25) is 0 Å². The zero-order valence-electron chi connectivity index (χ0n) is 23.2. The molecule has 0 saturated heterocycles. The van der Waals surface area contributed by atoms with Crippen molar-refractivity contribution in [3.63, 3.8) is 0 Å². The lowest BCUT2D eigenvalue weighted by Crippen LogP contribution is -1.95. The number of para-hydroxylation sites is 2. The molecule has 0 saturated carbocycles. The van der Waals surface area contributed by atoms with Gasteiger partial charge in [-0.2, -0.15) is 0 Å². The van der Waals surface area contributed by atoms with Crippen molar-refractivity contribution in [2.24, 2.45) is 0 Å². The van der Waals surface area contributed by atoms with Gasteiger partial charge in [0, 0.05) is 53.1 Å². The van der Waals surface area contributed by atoms with Gasteiger partial charge in [-0.05, 0) is 71.4 Å². The van der Waals surface area contributed by atoms with Gasteiger partial charge in [-0.25, -0.2) is 0 Å². The standard InChI is InChI=1S/C40H24N2S/c1-2-12-27(13-3-1)41-35-16-8-6-14-29(35)33-23-34-32-20-25-10-4-5-11-26(25)21-36(32)42(38(34)24-37(33)41)28-18-19-31-30-15-7-9-17-39(30)43-40(31)22-28/h1-24H. The molecule has 10 rings (SSSR count). The van der Waals surface area contributed by atoms with Crippen LogP contribution < -0.4 is 0 Å². The van der Waals surface area contributed by atoms with Crippen molar-refractivity contribution in [3.05, 3.63) is 146 Å². The van der Waals surface area contributed by atoms with E-state index in [4.69, 9.17) is 0 Å². The fourth-order valence-corrected chi connectivity index (χ4v) is 8.29. The van der Waals surface area contributed by atoms with Gasteiger partial charge in [0.25, 0.3) is 0 Å². The summed E-state index contributed by atoms with van der Waals surface area (Å²) in [6, 6.07) is 53.5. The fourth-order valence-electron chi connectivity index (χ4n) is 7.15. The van der Waals surface area contributed by atoms with Crippen LogP contribution in [0.1, 0.15) is 0 Å². The van der Waals surface area contributed by atoms with Crippen LogP contribution in [0.2, 0.25) is 0 Å². The zero-order chi connectivity index (χ0) is 28.1. The Morgan fingerprint density at radius 3 is 1.79 bits per heavy atom. The maximum absolute atomic E-state index is 2.48. The Morgan fingerprint density at radius 2 is 0.930 bits per heavy atom. The van der Waals surface area contributed by atoms with Gasteiger partial charge in [-0.1, -0.05) is 84.9 Å². The molecule has 0 radical (unpaired) electrons. The quantitative estimate of drug-likeness (QED) is 0.198. The Morgan fingerprint density at radius 1 is 0.326 bits per heavy atom. The van der Waals surface area contributed by atoms with Crippen LogP contribution in [0.15, 0.2) is 146 Å². The van der Waals surface area contributed by atoms with E-state index in [1.165, 1.54) is 85.9 Å². The molecule has 0 fully saturated rings. The predicted octanol–water partition coefficient (Wildman–Crippen LogP) is 11.4. The molecule has 7 aromatic carbocycles. The van der Waals surface area contributed by atoms with Crippen molar-refractivity contribution in [1.82, 2.24) is 9.13 Å². The van der Waals surface area contributed by atoms with E-state index in [1.807, 2.05) is 11.3 Å². The van der Waals surface area contributed by atoms with Crippen molar-refractivity contribution in [2.75, 3.05) is 0 Å². The molecular formula is C40H24N2S. The number of thiophene rings is 1. The van der Waals surface area contributed by atoms with Crippen LogP contribution in [0.5, 0.6) is 0 Å². The van der Waals surface area contributed by atoms with Crippen molar-refractivity contribution < 1.29 is 0 Å². The van der Waals surface area contributed by atoms with Gasteiger partial charge in [-0.15, -0.1) is 11.3 Å². The highest BCUT2D eigenvalue weighted by atomic mass is 32.1. The average Bonchev–Trinajstić information content (AvgIpc) is 3.69. The molecule has 10 aromatic rings. The summed E-state index contributed by atoms with van der Waals surface area (Å²) in [6.45, 7) is 0. The summed E-state index contributed by atoms with van der Waals surface area (Å²) in [7, 11) is 0. The molecule has 0 atom stereocenters. The second-order valence-electron chi connectivity index (χ2n) is 11.4. The summed E-state index contributed by atoms with van der Waals surface area (Å²) in [6.07, 6.45) is 0. The van der Waals surface area contributed by atoms with Gasteiger partial charge in [0.1, 0.15) is 0 Å². The van der Waals surface area contributed by atoms with E-state index in [1.54, 1.807) is 0 Å². The molecule has 200 valence electrons. The van der Waals surface area contributed by atoms with E-state index in [0.717, 1.165) is 0 Å². The van der Waals surface area contributed by atoms with Crippen LogP contribution in [-0.4, -0.2) is 9.13 Å². The fraction of sp³-hybridized carbons (Fsp3) is 0. The molecule has 0 aliphatic rings. The molecule has 0 amide bonds. The number of aromatic nitrogens is 2. The minimum atomic E-state index is 1.17. The summed E-state index contributed by atoms with van der Waals surface area (Å²) in [5, 5.41) is 10.3. The lowest BCUT2D eigenvalue weighted by molar-refractivity contribution is 1.17. The molecule has 0 bridgehead atoms. The van der Waals surface area contributed by atoms with Gasteiger partial charge in [-0.3, -0.25) is 0 Å². The van der Waals surface area contributed by atoms with Crippen molar-refractivity contribution in [2.45, 2.75) is 0 Å². The molecule has 2 nitrogen and oxygen atoms in total. The number of fused-ring (bicyclic) bond motifs is 10. The maximum Gasteiger partial charge on any atom is 0.0562 e. The zero-order valence-corrected chi connectivity index (χ0v) is 24.0. The van der Waals surface area contributed by atoms with E-state index in [2.05, 4.69) is 155 Å². The molecular weight excluding hydrogens is 541 g/mol. The molecule has 0 spiro atoms. The Hall–Kier alpha value is -5.38. The lowest BCUT2D eigenvalue weighted by Gasteiger charge is -2.10. The number of nitrogens with zero attached hydrogens (tertiary/aromatic N) is 2. The van der Waals surface area contributed by atoms with Crippen LogP contribution in [0.4, 0.5) is 0 Å². The highest BCUT2D eigenvalue weighted by Crippen LogP contribution is 2.42. The first-order valence-corrected chi connectivity index (χ1v) is 15.5. The van der Waals surface area contributed by atoms with Gasteiger partial charge < -0.3 is 9.13 Å². The smallest absolute Gasteiger partial charge is 0.0562 e. The molecule has 0 aliphatic heterocycles. The molecule has 0 unspecified atom stereocenters. The van der Waals surface area contributed by atoms with Crippen molar-refractivity contribution >= 4 is 85.9 Å². The van der Waals surface area contributed by atoms with Crippen LogP contribution in [0.25, 0.3) is 85.9 Å². The normalized spacial score (nSPS) is 12.2.